The molecule has 6 nitrogen and oxygen atoms in total. The van der Waals surface area contributed by atoms with Gasteiger partial charge in [-0.15, -0.1) is 0 Å². The summed E-state index contributed by atoms with van der Waals surface area (Å²) in [5, 5.41) is 11.3. The number of benzene rings is 3. The van der Waals surface area contributed by atoms with Gasteiger partial charge in [0.1, 0.15) is 17.3 Å². The third kappa shape index (κ3) is 3.92. The SMILES string of the molecule is CCOc1ccc(CN2C(=O)C(=O)/C(=C(\O)c3ccc4c(c3)CCO4)C2c2ccccc2)cc1. The second-order valence-corrected chi connectivity index (χ2v) is 8.34. The number of carbonyl (C=O) groups is 2. The molecule has 0 bridgehead atoms. The lowest BCUT2D eigenvalue weighted by Crippen LogP contribution is -2.29. The minimum absolute atomic E-state index is 0.0981. The van der Waals surface area contributed by atoms with E-state index in [4.69, 9.17) is 9.47 Å². The van der Waals surface area contributed by atoms with Gasteiger partial charge in [0, 0.05) is 18.5 Å². The lowest BCUT2D eigenvalue weighted by molar-refractivity contribution is -0.140. The van der Waals surface area contributed by atoms with Crippen LogP contribution in [0.25, 0.3) is 5.76 Å². The summed E-state index contributed by atoms with van der Waals surface area (Å²) in [6, 6.07) is 21.4. The number of nitrogens with zero attached hydrogens (tertiary/aromatic N) is 1. The number of Topliss-reactive ketones (excluding diaryl/α,β-unsaturated/α-hetero) is 1. The molecule has 0 aliphatic carbocycles. The molecule has 1 unspecified atom stereocenters. The molecule has 0 spiro atoms. The Kier molecular flexibility index (Phi) is 5.80. The fraction of sp³-hybridized carbons (Fsp3) is 0.214. The molecule has 1 saturated heterocycles. The number of aliphatic hydroxyl groups is 1. The van der Waals surface area contributed by atoms with Gasteiger partial charge in [0.25, 0.3) is 11.7 Å². The van der Waals surface area contributed by atoms with Crippen molar-refractivity contribution in [1.82, 2.24) is 4.90 Å². The van der Waals surface area contributed by atoms with E-state index in [1.807, 2.05) is 67.6 Å². The number of amides is 1. The molecule has 2 aliphatic heterocycles. The van der Waals surface area contributed by atoms with Gasteiger partial charge >= 0.3 is 0 Å². The Morgan fingerprint density at radius 2 is 1.82 bits per heavy atom. The molecule has 2 aliphatic rings. The first kappa shape index (κ1) is 21.8. The van der Waals surface area contributed by atoms with Gasteiger partial charge in [0.15, 0.2) is 0 Å². The topological polar surface area (TPSA) is 76.1 Å². The molecule has 172 valence electrons. The zero-order valence-electron chi connectivity index (χ0n) is 18.9. The van der Waals surface area contributed by atoms with E-state index in [-0.39, 0.29) is 17.9 Å². The van der Waals surface area contributed by atoms with E-state index in [0.717, 1.165) is 34.6 Å². The van der Waals surface area contributed by atoms with E-state index in [9.17, 15) is 14.7 Å². The normalized spacial score (nSPS) is 18.6. The van der Waals surface area contributed by atoms with Crippen molar-refractivity contribution in [2.75, 3.05) is 13.2 Å². The van der Waals surface area contributed by atoms with Crippen LogP contribution in [0.3, 0.4) is 0 Å². The Hall–Kier alpha value is -4.06. The first-order valence-corrected chi connectivity index (χ1v) is 11.4. The average molecular weight is 456 g/mol. The maximum Gasteiger partial charge on any atom is 0.295 e. The molecule has 1 N–H and O–H groups in total. The zero-order chi connectivity index (χ0) is 23.7. The Morgan fingerprint density at radius 1 is 1.06 bits per heavy atom. The molecule has 5 rings (SSSR count). The molecule has 1 amide bonds. The number of ketones is 1. The fourth-order valence-corrected chi connectivity index (χ4v) is 4.57. The number of hydrogen-bond acceptors (Lipinski definition) is 5. The summed E-state index contributed by atoms with van der Waals surface area (Å²) >= 11 is 0. The monoisotopic (exact) mass is 455 g/mol. The van der Waals surface area contributed by atoms with E-state index in [2.05, 4.69) is 0 Å². The molecule has 1 atom stereocenters. The number of aliphatic hydroxyl groups excluding tert-OH is 1. The van der Waals surface area contributed by atoms with Crippen molar-refractivity contribution in [2.24, 2.45) is 0 Å². The van der Waals surface area contributed by atoms with Crippen molar-refractivity contribution in [3.8, 4) is 11.5 Å². The highest BCUT2D eigenvalue weighted by Crippen LogP contribution is 2.41. The van der Waals surface area contributed by atoms with Crippen molar-refractivity contribution < 1.29 is 24.2 Å². The summed E-state index contributed by atoms with van der Waals surface area (Å²) in [5.74, 6) is 0.0412. The van der Waals surface area contributed by atoms with Crippen LogP contribution in [-0.4, -0.2) is 34.9 Å². The molecular formula is C28H25NO5. The Labute approximate surface area is 198 Å². The van der Waals surface area contributed by atoms with E-state index in [1.54, 1.807) is 12.1 Å². The highest BCUT2D eigenvalue weighted by Gasteiger charge is 2.46. The average Bonchev–Trinajstić information content (AvgIpc) is 3.43. The molecule has 2 heterocycles. The number of likely N-dealkylation sites (tertiary alicyclic amines) is 1. The van der Waals surface area contributed by atoms with Gasteiger partial charge < -0.3 is 19.5 Å². The van der Waals surface area contributed by atoms with Gasteiger partial charge in [-0.1, -0.05) is 42.5 Å². The largest absolute Gasteiger partial charge is 0.507 e. The molecule has 0 aromatic heterocycles. The van der Waals surface area contributed by atoms with E-state index >= 15 is 0 Å². The van der Waals surface area contributed by atoms with Crippen LogP contribution < -0.4 is 9.47 Å². The zero-order valence-corrected chi connectivity index (χ0v) is 18.9. The van der Waals surface area contributed by atoms with Crippen molar-refractivity contribution in [1.29, 1.82) is 0 Å². The van der Waals surface area contributed by atoms with Gasteiger partial charge in [-0.2, -0.15) is 0 Å². The second kappa shape index (κ2) is 9.06. The van der Waals surface area contributed by atoms with Gasteiger partial charge in [-0.25, -0.2) is 0 Å². The second-order valence-electron chi connectivity index (χ2n) is 8.34. The van der Waals surface area contributed by atoms with Crippen LogP contribution in [0.5, 0.6) is 11.5 Å². The molecule has 0 radical (unpaired) electrons. The summed E-state index contributed by atoms with van der Waals surface area (Å²) in [4.78, 5) is 27.9. The molecule has 3 aromatic carbocycles. The number of carbonyl (C=O) groups excluding carboxylic acids is 2. The van der Waals surface area contributed by atoms with Crippen molar-refractivity contribution in [3.63, 3.8) is 0 Å². The predicted molar refractivity (Wildman–Crippen MR) is 128 cm³/mol. The lowest BCUT2D eigenvalue weighted by atomic mass is 9.94. The van der Waals surface area contributed by atoms with Crippen LogP contribution in [0.4, 0.5) is 0 Å². The van der Waals surface area contributed by atoms with Crippen LogP contribution in [0, 0.1) is 0 Å². The fourth-order valence-electron chi connectivity index (χ4n) is 4.57. The summed E-state index contributed by atoms with van der Waals surface area (Å²) in [7, 11) is 0. The molecule has 34 heavy (non-hydrogen) atoms. The Morgan fingerprint density at radius 3 is 2.56 bits per heavy atom. The number of rotatable bonds is 6. The molecule has 0 saturated carbocycles. The Balaban J connectivity index is 1.56. The number of hydrogen-bond donors (Lipinski definition) is 1. The van der Waals surface area contributed by atoms with Crippen molar-refractivity contribution in [2.45, 2.75) is 25.9 Å². The molecular weight excluding hydrogens is 430 g/mol. The van der Waals surface area contributed by atoms with Crippen molar-refractivity contribution in [3.05, 3.63) is 101 Å². The molecule has 3 aromatic rings. The highest BCUT2D eigenvalue weighted by atomic mass is 16.5. The van der Waals surface area contributed by atoms with Gasteiger partial charge in [-0.05, 0) is 53.9 Å². The van der Waals surface area contributed by atoms with Gasteiger partial charge in [0.05, 0.1) is 24.8 Å². The van der Waals surface area contributed by atoms with Gasteiger partial charge in [-0.3, -0.25) is 9.59 Å². The van der Waals surface area contributed by atoms with Crippen LogP contribution in [0.15, 0.2) is 78.4 Å². The third-order valence-corrected chi connectivity index (χ3v) is 6.21. The quantitative estimate of drug-likeness (QED) is 0.333. The van der Waals surface area contributed by atoms with Crippen molar-refractivity contribution >= 4 is 17.4 Å². The van der Waals surface area contributed by atoms with E-state index < -0.39 is 17.7 Å². The number of fused-ring (bicyclic) bond motifs is 1. The summed E-state index contributed by atoms with van der Waals surface area (Å²) in [6.07, 6.45) is 0.741. The standard InChI is InChI=1S/C28H25NO5/c1-2-33-22-11-8-18(9-12-22)17-29-25(19-6-4-3-5-7-19)24(27(31)28(29)32)26(30)21-10-13-23-20(16-21)14-15-34-23/h3-13,16,25,30H,2,14-15,17H2,1H3/b26-24-. The smallest absolute Gasteiger partial charge is 0.295 e. The Bertz CT molecular complexity index is 1260. The summed E-state index contributed by atoms with van der Waals surface area (Å²) in [5.41, 5.74) is 3.20. The van der Waals surface area contributed by atoms with Crippen LogP contribution in [0.1, 0.15) is 35.2 Å². The van der Waals surface area contributed by atoms with Crippen LogP contribution in [-0.2, 0) is 22.6 Å². The first-order valence-electron chi connectivity index (χ1n) is 11.4. The minimum Gasteiger partial charge on any atom is -0.507 e. The van der Waals surface area contributed by atoms with Crippen LogP contribution >= 0.6 is 0 Å². The summed E-state index contributed by atoms with van der Waals surface area (Å²) < 4.78 is 11.1. The maximum atomic E-state index is 13.2. The third-order valence-electron chi connectivity index (χ3n) is 6.21. The maximum absolute atomic E-state index is 13.2. The lowest BCUT2D eigenvalue weighted by Gasteiger charge is -2.25. The van der Waals surface area contributed by atoms with Gasteiger partial charge in [0.2, 0.25) is 0 Å². The minimum atomic E-state index is -0.697. The molecule has 1 fully saturated rings. The molecule has 6 heteroatoms. The first-order chi connectivity index (χ1) is 16.6. The van der Waals surface area contributed by atoms with E-state index in [1.165, 1.54) is 4.90 Å². The van der Waals surface area contributed by atoms with E-state index in [0.29, 0.717) is 18.8 Å². The summed E-state index contributed by atoms with van der Waals surface area (Å²) in [6.45, 7) is 3.30. The van der Waals surface area contributed by atoms with Crippen LogP contribution in [0.2, 0.25) is 0 Å². The highest BCUT2D eigenvalue weighted by molar-refractivity contribution is 6.46. The number of ether oxygens (including phenoxy) is 2. The predicted octanol–water partition coefficient (Wildman–Crippen LogP) is 4.64.